The Morgan fingerprint density at radius 3 is 2.70 bits per heavy atom. The van der Waals surface area contributed by atoms with Gasteiger partial charge in [0.2, 0.25) is 5.91 Å². The third-order valence-corrected chi connectivity index (χ3v) is 5.69. The van der Waals surface area contributed by atoms with Crippen molar-refractivity contribution in [3.8, 4) is 0 Å². The summed E-state index contributed by atoms with van der Waals surface area (Å²) in [7, 11) is 2.24. The maximum absolute atomic E-state index is 12.9. The van der Waals surface area contributed by atoms with Crippen LogP contribution in [0.4, 0.5) is 0 Å². The average molecular weight is 302 g/mol. The second-order valence-corrected chi connectivity index (χ2v) is 6.56. The number of fused-ring (bicyclic) bond motifs is 2. The third-order valence-electron chi connectivity index (χ3n) is 5.69. The fourth-order valence-electron chi connectivity index (χ4n) is 4.24. The van der Waals surface area contributed by atoms with Crippen LogP contribution in [0.25, 0.3) is 0 Å². The molecule has 0 spiro atoms. The Labute approximate surface area is 128 Å². The molecular weight excluding hydrogens is 274 g/mol. The molecule has 3 heterocycles. The lowest BCUT2D eigenvalue weighted by Crippen LogP contribution is -2.56. The number of nitrogens with zero attached hydrogens (tertiary/aromatic N) is 2. The fraction of sp³-hybridized carbons (Fsp3) is 0.933. The van der Waals surface area contributed by atoms with Crippen molar-refractivity contribution in [3.63, 3.8) is 0 Å². The van der Waals surface area contributed by atoms with Crippen LogP contribution in [-0.2, 0) is 4.79 Å². The summed E-state index contributed by atoms with van der Waals surface area (Å²) in [5.74, 6) is 0.369. The first-order chi connectivity index (χ1) is 9.16. The maximum Gasteiger partial charge on any atom is 0.242 e. The highest BCUT2D eigenvalue weighted by atomic mass is 35.5. The molecule has 0 aromatic rings. The summed E-state index contributed by atoms with van der Waals surface area (Å²) < 4.78 is 0. The van der Waals surface area contributed by atoms with E-state index in [0.717, 1.165) is 45.3 Å². The molecule has 1 amide bonds. The van der Waals surface area contributed by atoms with Gasteiger partial charge in [0.15, 0.2) is 0 Å². The Bertz CT molecular complexity index is 357. The molecule has 0 aromatic heterocycles. The van der Waals surface area contributed by atoms with Crippen LogP contribution in [0, 0.1) is 0 Å². The first-order valence-electron chi connectivity index (χ1n) is 7.92. The van der Waals surface area contributed by atoms with Crippen molar-refractivity contribution < 1.29 is 4.79 Å². The van der Waals surface area contributed by atoms with Crippen molar-refractivity contribution in [2.45, 2.75) is 63.1 Å². The standard InChI is InChI=1S/C15H27N3O.ClH/c1-3-15(8-4-9-16-15)14(19)18-10-7-12-5-6-13(11-18)17(12)2;/h12-13,16H,3-11H2,1-2H3;1H. The number of carbonyl (C=O) groups excluding carboxylic acids is 1. The summed E-state index contributed by atoms with van der Waals surface area (Å²) in [6.45, 7) is 5.04. The van der Waals surface area contributed by atoms with E-state index in [1.807, 2.05) is 0 Å². The fourth-order valence-corrected chi connectivity index (χ4v) is 4.24. The highest BCUT2D eigenvalue weighted by molar-refractivity contribution is 5.87. The van der Waals surface area contributed by atoms with Crippen LogP contribution in [0.15, 0.2) is 0 Å². The Balaban J connectivity index is 0.00000147. The minimum Gasteiger partial charge on any atom is -0.339 e. The number of halogens is 1. The molecule has 4 nitrogen and oxygen atoms in total. The number of rotatable bonds is 2. The topological polar surface area (TPSA) is 35.6 Å². The zero-order valence-electron chi connectivity index (χ0n) is 12.7. The number of carbonyl (C=O) groups is 1. The van der Waals surface area contributed by atoms with Gasteiger partial charge < -0.3 is 10.2 Å². The summed E-state index contributed by atoms with van der Waals surface area (Å²) in [4.78, 5) is 17.6. The first kappa shape index (κ1) is 16.1. The Kier molecular flexibility index (Phi) is 4.98. The predicted octanol–water partition coefficient (Wildman–Crippen LogP) is 1.64. The van der Waals surface area contributed by atoms with Crippen LogP contribution in [0.3, 0.4) is 0 Å². The number of hydrogen-bond acceptors (Lipinski definition) is 3. The molecule has 3 aliphatic heterocycles. The number of hydrogen-bond donors (Lipinski definition) is 1. The smallest absolute Gasteiger partial charge is 0.242 e. The van der Waals surface area contributed by atoms with E-state index in [-0.39, 0.29) is 17.9 Å². The zero-order chi connectivity index (χ0) is 13.5. The molecule has 3 rings (SSSR count). The minimum atomic E-state index is -0.248. The Morgan fingerprint density at radius 1 is 1.30 bits per heavy atom. The molecule has 0 radical (unpaired) electrons. The largest absolute Gasteiger partial charge is 0.339 e. The molecule has 1 N–H and O–H groups in total. The van der Waals surface area contributed by atoms with Crippen LogP contribution in [0.2, 0.25) is 0 Å². The maximum atomic E-state index is 12.9. The second-order valence-electron chi connectivity index (χ2n) is 6.56. The summed E-state index contributed by atoms with van der Waals surface area (Å²) in [6, 6.07) is 1.30. The molecule has 0 saturated carbocycles. The first-order valence-corrected chi connectivity index (χ1v) is 7.92. The van der Waals surface area contributed by atoms with Crippen LogP contribution >= 0.6 is 12.4 Å². The van der Waals surface area contributed by atoms with E-state index in [1.165, 1.54) is 12.8 Å². The lowest BCUT2D eigenvalue weighted by Gasteiger charge is -2.35. The molecular formula is C15H28ClN3O. The van der Waals surface area contributed by atoms with E-state index in [0.29, 0.717) is 18.0 Å². The van der Waals surface area contributed by atoms with Crippen molar-refractivity contribution in [1.82, 2.24) is 15.1 Å². The number of likely N-dealkylation sites (tertiary alicyclic amines) is 1. The van der Waals surface area contributed by atoms with Gasteiger partial charge in [0.25, 0.3) is 0 Å². The summed E-state index contributed by atoms with van der Waals surface area (Å²) in [5.41, 5.74) is -0.248. The number of nitrogens with one attached hydrogen (secondary N) is 1. The van der Waals surface area contributed by atoms with Crippen LogP contribution < -0.4 is 5.32 Å². The highest BCUT2D eigenvalue weighted by Crippen LogP contribution is 2.31. The van der Waals surface area contributed by atoms with E-state index < -0.39 is 0 Å². The molecule has 3 unspecified atom stereocenters. The van der Waals surface area contributed by atoms with Gasteiger partial charge in [-0.1, -0.05) is 6.92 Å². The van der Waals surface area contributed by atoms with Crippen molar-refractivity contribution in [3.05, 3.63) is 0 Å². The van der Waals surface area contributed by atoms with Gasteiger partial charge in [-0.2, -0.15) is 0 Å². The summed E-state index contributed by atoms with van der Waals surface area (Å²) in [5, 5.41) is 3.49. The average Bonchev–Trinajstić information content (AvgIpc) is 2.96. The molecule has 5 heteroatoms. The molecule has 20 heavy (non-hydrogen) atoms. The van der Waals surface area contributed by atoms with E-state index >= 15 is 0 Å². The lowest BCUT2D eigenvalue weighted by molar-refractivity contribution is -0.138. The van der Waals surface area contributed by atoms with E-state index in [4.69, 9.17) is 0 Å². The van der Waals surface area contributed by atoms with Crippen molar-refractivity contribution in [1.29, 1.82) is 0 Å². The van der Waals surface area contributed by atoms with E-state index in [9.17, 15) is 4.79 Å². The molecule has 116 valence electrons. The number of likely N-dealkylation sites (N-methyl/N-ethyl adjacent to an activating group) is 1. The molecule has 3 aliphatic rings. The number of amides is 1. The molecule has 0 aromatic carbocycles. The van der Waals surface area contributed by atoms with Gasteiger partial charge >= 0.3 is 0 Å². The molecule has 3 saturated heterocycles. The van der Waals surface area contributed by atoms with Gasteiger partial charge in [-0.3, -0.25) is 9.69 Å². The van der Waals surface area contributed by atoms with Crippen LogP contribution in [-0.4, -0.2) is 60.0 Å². The zero-order valence-corrected chi connectivity index (χ0v) is 13.5. The van der Waals surface area contributed by atoms with Crippen LogP contribution in [0.1, 0.15) is 45.4 Å². The second kappa shape index (κ2) is 6.20. The Morgan fingerprint density at radius 2 is 2.05 bits per heavy atom. The van der Waals surface area contributed by atoms with Gasteiger partial charge in [-0.25, -0.2) is 0 Å². The predicted molar refractivity (Wildman–Crippen MR) is 83.3 cm³/mol. The van der Waals surface area contributed by atoms with Crippen molar-refractivity contribution in [2.75, 3.05) is 26.7 Å². The lowest BCUT2D eigenvalue weighted by atomic mass is 9.91. The normalized spacial score (nSPS) is 37.6. The van der Waals surface area contributed by atoms with Crippen molar-refractivity contribution in [2.24, 2.45) is 0 Å². The van der Waals surface area contributed by atoms with Gasteiger partial charge in [-0.15, -0.1) is 12.4 Å². The van der Waals surface area contributed by atoms with E-state index in [1.54, 1.807) is 0 Å². The van der Waals surface area contributed by atoms with Crippen LogP contribution in [0.5, 0.6) is 0 Å². The highest BCUT2D eigenvalue weighted by Gasteiger charge is 2.44. The van der Waals surface area contributed by atoms with Gasteiger partial charge in [-0.05, 0) is 52.1 Å². The van der Waals surface area contributed by atoms with Gasteiger partial charge in [0, 0.05) is 25.2 Å². The third kappa shape index (κ3) is 2.58. The minimum absolute atomic E-state index is 0. The molecule has 2 bridgehead atoms. The summed E-state index contributed by atoms with van der Waals surface area (Å²) >= 11 is 0. The Hall–Kier alpha value is -0.320. The van der Waals surface area contributed by atoms with Crippen molar-refractivity contribution >= 4 is 18.3 Å². The quantitative estimate of drug-likeness (QED) is 0.842. The van der Waals surface area contributed by atoms with E-state index in [2.05, 4.69) is 29.1 Å². The summed E-state index contributed by atoms with van der Waals surface area (Å²) in [6.07, 6.45) is 6.81. The molecule has 3 atom stereocenters. The molecule has 3 fully saturated rings. The molecule has 0 aliphatic carbocycles. The SMILES string of the molecule is CCC1(C(=O)N2CCC3CCC(C2)N3C)CCCN1.Cl. The monoisotopic (exact) mass is 301 g/mol. The van der Waals surface area contributed by atoms with Gasteiger partial charge in [0.05, 0.1) is 5.54 Å². The van der Waals surface area contributed by atoms with Gasteiger partial charge in [0.1, 0.15) is 0 Å².